The monoisotopic (exact) mass is 631 g/mol. The molecular weight excluding hydrogens is 593 g/mol. The van der Waals surface area contributed by atoms with Gasteiger partial charge in [-0.05, 0) is 56.7 Å². The van der Waals surface area contributed by atoms with Crippen LogP contribution >= 0.6 is 0 Å². The van der Waals surface area contributed by atoms with Gasteiger partial charge in [-0.25, -0.2) is 12.8 Å². The molecule has 0 aliphatic carbocycles. The van der Waals surface area contributed by atoms with Crippen molar-refractivity contribution in [3.63, 3.8) is 0 Å². The minimum Gasteiger partial charge on any atom is -0.497 e. The number of aryl methyl sites for hydroxylation is 1. The predicted molar refractivity (Wildman–Crippen MR) is 173 cm³/mol. The maximum atomic E-state index is 15.0. The molecule has 0 spiro atoms. The van der Waals surface area contributed by atoms with E-state index in [1.54, 1.807) is 56.3 Å². The van der Waals surface area contributed by atoms with Crippen LogP contribution in [0.5, 0.6) is 5.75 Å². The second-order valence-corrected chi connectivity index (χ2v) is 12.9. The molecule has 0 bridgehead atoms. The van der Waals surface area contributed by atoms with Crippen LogP contribution in [0.2, 0.25) is 0 Å². The van der Waals surface area contributed by atoms with Gasteiger partial charge in [0.1, 0.15) is 24.2 Å². The van der Waals surface area contributed by atoms with Gasteiger partial charge in [0, 0.05) is 30.6 Å². The van der Waals surface area contributed by atoms with Gasteiger partial charge < -0.3 is 15.0 Å². The van der Waals surface area contributed by atoms with E-state index in [-0.39, 0.29) is 35.2 Å². The van der Waals surface area contributed by atoms with Crippen molar-refractivity contribution in [2.75, 3.05) is 18.0 Å². The molecule has 8 nitrogen and oxygen atoms in total. The smallest absolute Gasteiger partial charge is 0.264 e. The van der Waals surface area contributed by atoms with E-state index in [9.17, 15) is 18.0 Å². The highest BCUT2D eigenvalue weighted by Crippen LogP contribution is 2.28. The highest BCUT2D eigenvalue weighted by Gasteiger charge is 2.35. The number of ether oxygens (including phenoxy) is 1. The number of nitrogens with one attached hydrogen (secondary N) is 1. The molecular formula is C35H38FN3O5S. The van der Waals surface area contributed by atoms with Crippen molar-refractivity contribution in [3.05, 3.63) is 126 Å². The molecule has 1 N–H and O–H groups in total. The number of sulfonamides is 1. The summed E-state index contributed by atoms with van der Waals surface area (Å²) in [5.74, 6) is -1.27. The molecule has 0 aromatic heterocycles. The van der Waals surface area contributed by atoms with E-state index in [2.05, 4.69) is 5.32 Å². The summed E-state index contributed by atoms with van der Waals surface area (Å²) in [6.07, 6.45) is 0.128. The maximum absolute atomic E-state index is 15.0. The number of anilines is 1. The van der Waals surface area contributed by atoms with E-state index >= 15 is 4.39 Å². The van der Waals surface area contributed by atoms with Crippen LogP contribution < -0.4 is 14.4 Å². The molecule has 1 unspecified atom stereocenters. The van der Waals surface area contributed by atoms with E-state index in [4.69, 9.17) is 4.74 Å². The van der Waals surface area contributed by atoms with Crippen LogP contribution in [0.25, 0.3) is 0 Å². The molecule has 4 aromatic carbocycles. The fraction of sp³-hybridized carbons (Fsp3) is 0.257. The van der Waals surface area contributed by atoms with Gasteiger partial charge in [-0.15, -0.1) is 0 Å². The van der Waals surface area contributed by atoms with Crippen LogP contribution in [0.4, 0.5) is 10.1 Å². The van der Waals surface area contributed by atoms with Crippen molar-refractivity contribution in [2.45, 2.75) is 50.7 Å². The first-order valence-electron chi connectivity index (χ1n) is 14.6. The lowest BCUT2D eigenvalue weighted by Gasteiger charge is -2.34. The molecule has 45 heavy (non-hydrogen) atoms. The minimum atomic E-state index is -4.27. The van der Waals surface area contributed by atoms with Crippen molar-refractivity contribution in [1.82, 2.24) is 10.2 Å². The molecule has 0 radical (unpaired) electrons. The SMILES string of the molecule is COc1cccc(N(CC(=O)N(Cc2ccccc2F)C(Cc2ccccc2)C(=O)NC(C)C)S(=O)(=O)c2ccc(C)cc2)c1. The average molecular weight is 632 g/mol. The quantitative estimate of drug-likeness (QED) is 0.210. The van der Waals surface area contributed by atoms with Gasteiger partial charge in [0.15, 0.2) is 0 Å². The maximum Gasteiger partial charge on any atom is 0.264 e. The largest absolute Gasteiger partial charge is 0.497 e. The van der Waals surface area contributed by atoms with E-state index in [0.717, 1.165) is 15.4 Å². The summed E-state index contributed by atoms with van der Waals surface area (Å²) in [7, 11) is -2.81. The van der Waals surface area contributed by atoms with Crippen LogP contribution in [0, 0.1) is 12.7 Å². The van der Waals surface area contributed by atoms with Crippen LogP contribution in [0.15, 0.2) is 108 Å². The van der Waals surface area contributed by atoms with Gasteiger partial charge >= 0.3 is 0 Å². The van der Waals surface area contributed by atoms with E-state index in [1.165, 1.54) is 42.3 Å². The Morgan fingerprint density at radius 3 is 2.20 bits per heavy atom. The lowest BCUT2D eigenvalue weighted by Crippen LogP contribution is -2.54. The summed E-state index contributed by atoms with van der Waals surface area (Å²) in [4.78, 5) is 29.4. The molecule has 0 saturated carbocycles. The highest BCUT2D eigenvalue weighted by atomic mass is 32.2. The van der Waals surface area contributed by atoms with Crippen molar-refractivity contribution < 1.29 is 27.1 Å². The highest BCUT2D eigenvalue weighted by molar-refractivity contribution is 7.92. The Morgan fingerprint density at radius 2 is 1.56 bits per heavy atom. The Bertz CT molecular complexity index is 1710. The van der Waals surface area contributed by atoms with Crippen LogP contribution in [0.3, 0.4) is 0 Å². The molecule has 2 amide bonds. The molecule has 4 rings (SSSR count). The number of hydrogen-bond acceptors (Lipinski definition) is 5. The van der Waals surface area contributed by atoms with Crippen LogP contribution in [-0.2, 0) is 32.6 Å². The van der Waals surface area contributed by atoms with E-state index in [1.807, 2.05) is 37.3 Å². The first-order chi connectivity index (χ1) is 21.5. The summed E-state index contributed by atoms with van der Waals surface area (Å²) >= 11 is 0. The number of carbonyl (C=O) groups is 2. The predicted octanol–water partition coefficient (Wildman–Crippen LogP) is 5.50. The average Bonchev–Trinajstić information content (AvgIpc) is 3.02. The fourth-order valence-corrected chi connectivity index (χ4v) is 6.28. The van der Waals surface area contributed by atoms with Gasteiger partial charge in [0.2, 0.25) is 11.8 Å². The first kappa shape index (κ1) is 33.2. The van der Waals surface area contributed by atoms with Gasteiger partial charge in [-0.2, -0.15) is 0 Å². The van der Waals surface area contributed by atoms with Crippen molar-refractivity contribution >= 4 is 27.5 Å². The van der Waals surface area contributed by atoms with Gasteiger partial charge in [0.05, 0.1) is 17.7 Å². The molecule has 0 fully saturated rings. The lowest BCUT2D eigenvalue weighted by molar-refractivity contribution is -0.140. The van der Waals surface area contributed by atoms with Gasteiger partial charge in [-0.1, -0.05) is 72.3 Å². The number of amides is 2. The van der Waals surface area contributed by atoms with E-state index in [0.29, 0.717) is 5.75 Å². The van der Waals surface area contributed by atoms with Crippen molar-refractivity contribution in [1.29, 1.82) is 0 Å². The summed E-state index contributed by atoms with van der Waals surface area (Å²) in [6, 6.07) is 26.6. The summed E-state index contributed by atoms with van der Waals surface area (Å²) in [6.45, 7) is 4.54. The number of rotatable bonds is 13. The molecule has 0 heterocycles. The number of benzene rings is 4. The second-order valence-electron chi connectivity index (χ2n) is 11.0. The number of methoxy groups -OCH3 is 1. The molecule has 1 atom stereocenters. The molecule has 236 valence electrons. The third-order valence-corrected chi connectivity index (χ3v) is 9.02. The zero-order valence-electron chi connectivity index (χ0n) is 25.8. The summed E-state index contributed by atoms with van der Waals surface area (Å²) in [5, 5.41) is 2.89. The molecule has 10 heteroatoms. The first-order valence-corrected chi connectivity index (χ1v) is 16.0. The zero-order valence-corrected chi connectivity index (χ0v) is 26.6. The number of halogens is 1. The Labute approximate surface area is 264 Å². The standard InChI is InChI=1S/C35H38FN3O5S/c1-25(2)37-35(41)33(21-27-11-6-5-7-12-27)38(23-28-13-8-9-16-32(28)36)34(40)24-39(29-14-10-15-30(22-29)44-4)45(42,43)31-19-17-26(3)18-20-31/h5-20,22,25,33H,21,23-24H2,1-4H3,(H,37,41). The molecule has 0 aliphatic rings. The van der Waals surface area contributed by atoms with Crippen LogP contribution in [-0.4, -0.2) is 50.9 Å². The third kappa shape index (κ3) is 8.48. The lowest BCUT2D eigenvalue weighted by atomic mass is 10.0. The van der Waals surface area contributed by atoms with Crippen LogP contribution in [0.1, 0.15) is 30.5 Å². The summed E-state index contributed by atoms with van der Waals surface area (Å²) in [5.41, 5.74) is 2.04. The fourth-order valence-electron chi connectivity index (χ4n) is 4.88. The Hall–Kier alpha value is -4.70. The molecule has 4 aromatic rings. The Morgan fingerprint density at radius 1 is 0.889 bits per heavy atom. The number of nitrogens with zero attached hydrogens (tertiary/aromatic N) is 2. The Balaban J connectivity index is 1.83. The topological polar surface area (TPSA) is 96.0 Å². The number of hydrogen-bond donors (Lipinski definition) is 1. The number of carbonyl (C=O) groups excluding carboxylic acids is 2. The minimum absolute atomic E-state index is 0.0113. The molecule has 0 aliphatic heterocycles. The van der Waals surface area contributed by atoms with E-state index < -0.39 is 40.2 Å². The zero-order chi connectivity index (χ0) is 32.6. The molecule has 0 saturated heterocycles. The second kappa shape index (κ2) is 14.9. The van der Waals surface area contributed by atoms with Crippen molar-refractivity contribution in [3.8, 4) is 5.75 Å². The van der Waals surface area contributed by atoms with Gasteiger partial charge in [-0.3, -0.25) is 13.9 Å². The normalized spacial score (nSPS) is 12.0. The Kier molecular flexibility index (Phi) is 11.0. The van der Waals surface area contributed by atoms with Crippen molar-refractivity contribution in [2.24, 2.45) is 0 Å². The van der Waals surface area contributed by atoms with Gasteiger partial charge in [0.25, 0.3) is 10.0 Å². The summed E-state index contributed by atoms with van der Waals surface area (Å²) < 4.78 is 49.6. The third-order valence-electron chi connectivity index (χ3n) is 7.23.